The number of alkyl halides is 3. The molecule has 4 nitrogen and oxygen atoms in total. The molecule has 0 aliphatic carbocycles. The lowest BCUT2D eigenvalue weighted by Gasteiger charge is -2.34. The van der Waals surface area contributed by atoms with Crippen LogP contribution in [0.15, 0.2) is 24.3 Å². The first-order valence-electron chi connectivity index (χ1n) is 8.80. The topological polar surface area (TPSA) is 45.3 Å². The van der Waals surface area contributed by atoms with Crippen LogP contribution < -0.4 is 0 Å². The Morgan fingerprint density at radius 3 is 2.62 bits per heavy atom. The molecule has 1 aliphatic rings. The maximum absolute atomic E-state index is 12.3. The van der Waals surface area contributed by atoms with Gasteiger partial charge in [0.25, 0.3) is 5.91 Å². The van der Waals surface area contributed by atoms with E-state index in [2.05, 4.69) is 22.7 Å². The van der Waals surface area contributed by atoms with Gasteiger partial charge in [0.2, 0.25) is 0 Å². The van der Waals surface area contributed by atoms with Crippen molar-refractivity contribution in [3.63, 3.8) is 0 Å². The molecule has 0 unspecified atom stereocenters. The van der Waals surface area contributed by atoms with E-state index in [9.17, 15) is 18.0 Å². The van der Waals surface area contributed by atoms with Gasteiger partial charge >= 0.3 is 6.18 Å². The van der Waals surface area contributed by atoms with Crippen molar-refractivity contribution in [1.29, 1.82) is 0 Å². The molecule has 1 aliphatic heterocycles. The molecule has 7 heteroatoms. The van der Waals surface area contributed by atoms with E-state index in [0.717, 1.165) is 24.1 Å². The maximum atomic E-state index is 12.3. The van der Waals surface area contributed by atoms with E-state index in [1.54, 1.807) is 4.90 Å². The molecule has 1 aromatic carbocycles. The quantitative estimate of drug-likeness (QED) is 0.881. The van der Waals surface area contributed by atoms with Gasteiger partial charge in [-0.1, -0.05) is 18.2 Å². The summed E-state index contributed by atoms with van der Waals surface area (Å²) in [4.78, 5) is 17.3. The number of fused-ring (bicyclic) bond motifs is 1. The van der Waals surface area contributed by atoms with Crippen LogP contribution in [0.4, 0.5) is 13.2 Å². The summed E-state index contributed by atoms with van der Waals surface area (Å²) in [6, 6.07) is 8.14. The first kappa shape index (κ1) is 18.8. The summed E-state index contributed by atoms with van der Waals surface area (Å²) in [5, 5.41) is 1.21. The molecule has 26 heavy (non-hydrogen) atoms. The van der Waals surface area contributed by atoms with E-state index in [-0.39, 0.29) is 5.91 Å². The molecule has 1 N–H and O–H groups in total. The maximum Gasteiger partial charge on any atom is 0.411 e. The molecule has 1 fully saturated rings. The molecule has 1 atom stereocenters. The number of likely N-dealkylation sites (tertiary alicyclic amines) is 1. The minimum atomic E-state index is -4.42. The number of aryl methyl sites for hydroxylation is 1. The molecule has 2 aromatic rings. The zero-order valence-electron chi connectivity index (χ0n) is 14.9. The number of piperidine rings is 1. The number of amides is 1. The minimum absolute atomic E-state index is 0.335. The third-order valence-corrected chi connectivity index (χ3v) is 5.00. The van der Waals surface area contributed by atoms with Crippen LogP contribution in [0.3, 0.4) is 0 Å². The third kappa shape index (κ3) is 4.03. The number of aromatic amines is 1. The molecule has 1 saturated heterocycles. The number of aromatic nitrogens is 1. The SMILES string of the molecule is Cc1[nH]c2ccccc2c1C1CCN(C(=O)[C@H](C)OCC(F)(F)F)CC1. The van der Waals surface area contributed by atoms with Crippen LogP contribution in [-0.2, 0) is 9.53 Å². The number of ether oxygens (including phenoxy) is 1. The van der Waals surface area contributed by atoms with E-state index >= 15 is 0 Å². The van der Waals surface area contributed by atoms with Crippen molar-refractivity contribution < 1.29 is 22.7 Å². The summed E-state index contributed by atoms with van der Waals surface area (Å²) in [6.45, 7) is 3.10. The van der Waals surface area contributed by atoms with E-state index in [1.807, 2.05) is 18.2 Å². The number of halogens is 3. The number of para-hydroxylation sites is 1. The fraction of sp³-hybridized carbons (Fsp3) is 0.526. The van der Waals surface area contributed by atoms with Crippen LogP contribution in [-0.4, -0.2) is 47.8 Å². The lowest BCUT2D eigenvalue weighted by Crippen LogP contribution is -2.44. The molecule has 0 spiro atoms. The van der Waals surface area contributed by atoms with Gasteiger partial charge in [0.05, 0.1) is 0 Å². The second-order valence-electron chi connectivity index (χ2n) is 6.88. The number of carbonyl (C=O) groups excluding carboxylic acids is 1. The smallest absolute Gasteiger partial charge is 0.359 e. The van der Waals surface area contributed by atoms with Crippen molar-refractivity contribution in [3.8, 4) is 0 Å². The summed E-state index contributed by atoms with van der Waals surface area (Å²) >= 11 is 0. The normalized spacial score (nSPS) is 17.7. The number of carbonyl (C=O) groups is 1. The predicted molar refractivity (Wildman–Crippen MR) is 93.1 cm³/mol. The summed E-state index contributed by atoms with van der Waals surface area (Å²) in [5.41, 5.74) is 3.53. The van der Waals surface area contributed by atoms with Crippen molar-refractivity contribution in [2.75, 3.05) is 19.7 Å². The molecule has 0 radical (unpaired) electrons. The Bertz CT molecular complexity index is 777. The van der Waals surface area contributed by atoms with Crippen molar-refractivity contribution in [2.24, 2.45) is 0 Å². The van der Waals surface area contributed by atoms with Crippen molar-refractivity contribution >= 4 is 16.8 Å². The second kappa shape index (κ2) is 7.31. The van der Waals surface area contributed by atoms with Gasteiger partial charge < -0.3 is 14.6 Å². The highest BCUT2D eigenvalue weighted by Crippen LogP contribution is 2.35. The van der Waals surface area contributed by atoms with Crippen LogP contribution in [0, 0.1) is 6.92 Å². The number of rotatable bonds is 4. The van der Waals surface area contributed by atoms with E-state index in [1.165, 1.54) is 17.9 Å². The van der Waals surface area contributed by atoms with Gasteiger partial charge in [-0.15, -0.1) is 0 Å². The summed E-state index contributed by atoms with van der Waals surface area (Å²) in [6.07, 6.45) is -3.92. The van der Waals surface area contributed by atoms with Gasteiger partial charge in [0, 0.05) is 29.7 Å². The highest BCUT2D eigenvalue weighted by molar-refractivity contribution is 5.85. The molecule has 1 aromatic heterocycles. The Hall–Kier alpha value is -2.02. The van der Waals surface area contributed by atoms with E-state index in [0.29, 0.717) is 19.0 Å². The Kier molecular flexibility index (Phi) is 5.27. The summed E-state index contributed by atoms with van der Waals surface area (Å²) < 4.78 is 41.4. The Morgan fingerprint density at radius 2 is 1.96 bits per heavy atom. The first-order valence-corrected chi connectivity index (χ1v) is 8.80. The van der Waals surface area contributed by atoms with Crippen LogP contribution in [0.5, 0.6) is 0 Å². The lowest BCUT2D eigenvalue weighted by molar-refractivity contribution is -0.188. The number of hydrogen-bond donors (Lipinski definition) is 1. The highest BCUT2D eigenvalue weighted by atomic mass is 19.4. The lowest BCUT2D eigenvalue weighted by atomic mass is 9.87. The van der Waals surface area contributed by atoms with Gasteiger partial charge in [0.1, 0.15) is 12.7 Å². The Labute approximate surface area is 150 Å². The highest BCUT2D eigenvalue weighted by Gasteiger charge is 2.33. The van der Waals surface area contributed by atoms with Gasteiger partial charge in [-0.3, -0.25) is 4.79 Å². The van der Waals surface area contributed by atoms with Gasteiger partial charge in [-0.25, -0.2) is 0 Å². The molecule has 0 saturated carbocycles. The van der Waals surface area contributed by atoms with Gasteiger partial charge in [-0.05, 0) is 44.2 Å². The average Bonchev–Trinajstić information content (AvgIpc) is 2.94. The van der Waals surface area contributed by atoms with Crippen molar-refractivity contribution in [1.82, 2.24) is 9.88 Å². The monoisotopic (exact) mass is 368 g/mol. The number of hydrogen-bond acceptors (Lipinski definition) is 2. The summed E-state index contributed by atoms with van der Waals surface area (Å²) in [5.74, 6) is -0.0371. The standard InChI is InChI=1S/C19H23F3N2O2/c1-12-17(15-5-3-4-6-16(15)23-12)14-7-9-24(10-8-14)18(25)13(2)26-11-19(20,21)22/h3-6,13-14,23H,7-11H2,1-2H3/t13-/m0/s1. The van der Waals surface area contributed by atoms with E-state index in [4.69, 9.17) is 0 Å². The van der Waals surface area contributed by atoms with Crippen molar-refractivity contribution in [3.05, 3.63) is 35.5 Å². The number of nitrogens with zero attached hydrogens (tertiary/aromatic N) is 1. The van der Waals surface area contributed by atoms with Crippen LogP contribution in [0.2, 0.25) is 0 Å². The largest absolute Gasteiger partial charge is 0.411 e. The molecule has 142 valence electrons. The molecule has 1 amide bonds. The molecular formula is C19H23F3N2O2. The van der Waals surface area contributed by atoms with Gasteiger partial charge in [-0.2, -0.15) is 13.2 Å². The van der Waals surface area contributed by atoms with Gasteiger partial charge in [0.15, 0.2) is 0 Å². The predicted octanol–water partition coefficient (Wildman–Crippen LogP) is 4.15. The number of benzene rings is 1. The number of nitrogens with one attached hydrogen (secondary N) is 1. The zero-order chi connectivity index (χ0) is 18.9. The first-order chi connectivity index (χ1) is 12.3. The van der Waals surface area contributed by atoms with Crippen molar-refractivity contribution in [2.45, 2.75) is 44.9 Å². The average molecular weight is 368 g/mol. The second-order valence-corrected chi connectivity index (χ2v) is 6.88. The molecule has 0 bridgehead atoms. The fourth-order valence-corrected chi connectivity index (χ4v) is 3.76. The summed E-state index contributed by atoms with van der Waals surface area (Å²) in [7, 11) is 0. The zero-order valence-corrected chi connectivity index (χ0v) is 14.9. The minimum Gasteiger partial charge on any atom is -0.359 e. The Morgan fingerprint density at radius 1 is 1.31 bits per heavy atom. The number of H-pyrrole nitrogens is 1. The molecule has 2 heterocycles. The Balaban J connectivity index is 1.62. The van der Waals surface area contributed by atoms with Crippen LogP contribution >= 0.6 is 0 Å². The van der Waals surface area contributed by atoms with Crippen LogP contribution in [0.25, 0.3) is 10.9 Å². The molecule has 3 rings (SSSR count). The molecular weight excluding hydrogens is 345 g/mol. The fourth-order valence-electron chi connectivity index (χ4n) is 3.76. The van der Waals surface area contributed by atoms with Crippen LogP contribution in [0.1, 0.15) is 36.9 Å². The third-order valence-electron chi connectivity index (χ3n) is 5.00. The van der Waals surface area contributed by atoms with E-state index < -0.39 is 18.9 Å².